The molecule has 2 N–H and O–H groups in total. The van der Waals surface area contributed by atoms with Crippen molar-refractivity contribution in [2.24, 2.45) is 5.73 Å². The maximum atomic E-state index is 11.2. The van der Waals surface area contributed by atoms with E-state index in [2.05, 4.69) is 4.98 Å². The Morgan fingerprint density at radius 1 is 1.50 bits per heavy atom. The normalized spacial score (nSPS) is 19.4. The molecule has 18 heavy (non-hydrogen) atoms. The smallest absolute Gasteiger partial charge is 0.237 e. The van der Waals surface area contributed by atoms with E-state index in [1.54, 1.807) is 0 Å². The Balaban J connectivity index is 2.12. The van der Waals surface area contributed by atoms with E-state index in [1.807, 2.05) is 28.8 Å². The van der Waals surface area contributed by atoms with Crippen LogP contribution >= 0.6 is 0 Å². The molecule has 1 aromatic heterocycles. The second-order valence-corrected chi connectivity index (χ2v) is 4.51. The molecule has 0 bridgehead atoms. The highest BCUT2D eigenvalue weighted by Crippen LogP contribution is 2.30. The van der Waals surface area contributed by atoms with Crippen molar-refractivity contribution in [1.29, 1.82) is 0 Å². The molecule has 1 aliphatic rings. The predicted octanol–water partition coefficient (Wildman–Crippen LogP) is 1.37. The summed E-state index contributed by atoms with van der Waals surface area (Å²) in [7, 11) is 0. The summed E-state index contributed by atoms with van der Waals surface area (Å²) in [4.78, 5) is 15.8. The Morgan fingerprint density at radius 3 is 3.06 bits per heavy atom. The van der Waals surface area contributed by atoms with Gasteiger partial charge in [-0.15, -0.1) is 0 Å². The third kappa shape index (κ3) is 1.86. The first-order valence-corrected chi connectivity index (χ1v) is 6.11. The summed E-state index contributed by atoms with van der Waals surface area (Å²) >= 11 is 0. The fraction of sp³-hybridized carbons (Fsp3) is 0.385. The van der Waals surface area contributed by atoms with E-state index in [9.17, 15) is 4.79 Å². The molecular weight excluding hydrogens is 230 g/mol. The molecule has 1 saturated heterocycles. The quantitative estimate of drug-likeness (QED) is 0.887. The number of carbonyl (C=O) groups excluding carboxylic acids is 1. The maximum absolute atomic E-state index is 11.2. The highest BCUT2D eigenvalue weighted by atomic mass is 16.5. The Morgan fingerprint density at radius 2 is 2.33 bits per heavy atom. The number of nitrogens with zero attached hydrogens (tertiary/aromatic N) is 2. The molecule has 5 heteroatoms. The van der Waals surface area contributed by atoms with Gasteiger partial charge < -0.3 is 15.0 Å². The monoisotopic (exact) mass is 245 g/mol. The van der Waals surface area contributed by atoms with Crippen molar-refractivity contribution in [2.45, 2.75) is 25.5 Å². The molecule has 3 rings (SSSR count). The van der Waals surface area contributed by atoms with Crippen LogP contribution in [0.5, 0.6) is 0 Å². The number of aromatic nitrogens is 2. The molecule has 2 heterocycles. The number of carbonyl (C=O) groups is 1. The molecule has 0 aliphatic carbocycles. The summed E-state index contributed by atoms with van der Waals surface area (Å²) in [5.74, 6) is 0.449. The van der Waals surface area contributed by atoms with Gasteiger partial charge in [0.15, 0.2) is 0 Å². The van der Waals surface area contributed by atoms with Crippen molar-refractivity contribution < 1.29 is 9.53 Å². The lowest BCUT2D eigenvalue weighted by Gasteiger charge is -2.11. The largest absolute Gasteiger partial charge is 0.370 e. The van der Waals surface area contributed by atoms with Crippen LogP contribution in [0.1, 0.15) is 24.8 Å². The number of hydrogen-bond donors (Lipinski definition) is 1. The summed E-state index contributed by atoms with van der Waals surface area (Å²) < 4.78 is 7.52. The average molecular weight is 245 g/mol. The zero-order chi connectivity index (χ0) is 12.5. The number of ether oxygens (including phenoxy) is 1. The first-order valence-electron chi connectivity index (χ1n) is 6.11. The first kappa shape index (κ1) is 11.2. The van der Waals surface area contributed by atoms with Gasteiger partial charge in [-0.1, -0.05) is 12.1 Å². The van der Waals surface area contributed by atoms with Crippen molar-refractivity contribution >= 4 is 16.9 Å². The minimum atomic E-state index is -0.364. The molecule has 2 aromatic rings. The minimum absolute atomic E-state index is 0.0169. The summed E-state index contributed by atoms with van der Waals surface area (Å²) in [6.07, 6.45) is 1.96. The van der Waals surface area contributed by atoms with E-state index in [4.69, 9.17) is 10.5 Å². The molecule has 0 radical (unpaired) electrons. The molecule has 0 saturated carbocycles. The van der Waals surface area contributed by atoms with Gasteiger partial charge in [0.05, 0.1) is 11.0 Å². The van der Waals surface area contributed by atoms with Crippen molar-refractivity contribution in [3.05, 3.63) is 30.1 Å². The number of imidazole rings is 1. The van der Waals surface area contributed by atoms with E-state index >= 15 is 0 Å². The van der Waals surface area contributed by atoms with E-state index in [-0.39, 0.29) is 18.6 Å². The predicted molar refractivity (Wildman–Crippen MR) is 66.9 cm³/mol. The molecule has 5 nitrogen and oxygen atoms in total. The molecule has 1 aliphatic heterocycles. The third-order valence-electron chi connectivity index (χ3n) is 3.22. The summed E-state index contributed by atoms with van der Waals surface area (Å²) in [5.41, 5.74) is 7.13. The van der Waals surface area contributed by atoms with Crippen LogP contribution in [0.15, 0.2) is 24.3 Å². The van der Waals surface area contributed by atoms with Crippen LogP contribution in [-0.4, -0.2) is 22.1 Å². The lowest BCUT2D eigenvalue weighted by molar-refractivity contribution is -0.118. The molecule has 0 unspecified atom stereocenters. The zero-order valence-corrected chi connectivity index (χ0v) is 10.0. The summed E-state index contributed by atoms with van der Waals surface area (Å²) in [5, 5.41) is 0. The summed E-state index contributed by atoms with van der Waals surface area (Å²) in [6.45, 7) is 0.903. The number of primary amides is 1. The molecule has 1 fully saturated rings. The van der Waals surface area contributed by atoms with Crippen LogP contribution in [0.3, 0.4) is 0 Å². The maximum Gasteiger partial charge on any atom is 0.237 e. The Hall–Kier alpha value is -1.88. The highest BCUT2D eigenvalue weighted by molar-refractivity contribution is 5.80. The SMILES string of the molecule is NC(=O)Cn1c([C@H]2CCCO2)nc2ccccc21. The van der Waals surface area contributed by atoms with Crippen LogP contribution in [0.4, 0.5) is 0 Å². The van der Waals surface area contributed by atoms with Crippen molar-refractivity contribution in [3.8, 4) is 0 Å². The van der Waals surface area contributed by atoms with Crippen molar-refractivity contribution in [1.82, 2.24) is 9.55 Å². The van der Waals surface area contributed by atoms with Gasteiger partial charge in [0.25, 0.3) is 0 Å². The average Bonchev–Trinajstić information content (AvgIpc) is 2.96. The van der Waals surface area contributed by atoms with E-state index in [0.717, 1.165) is 36.3 Å². The van der Waals surface area contributed by atoms with Crippen LogP contribution < -0.4 is 5.73 Å². The van der Waals surface area contributed by atoms with Gasteiger partial charge in [-0.3, -0.25) is 4.79 Å². The second-order valence-electron chi connectivity index (χ2n) is 4.51. The van der Waals surface area contributed by atoms with Crippen LogP contribution in [0.25, 0.3) is 11.0 Å². The molecule has 1 aromatic carbocycles. The number of hydrogen-bond acceptors (Lipinski definition) is 3. The van der Waals surface area contributed by atoms with Gasteiger partial charge in [0.1, 0.15) is 18.5 Å². The van der Waals surface area contributed by atoms with Crippen LogP contribution in [0, 0.1) is 0 Å². The molecule has 0 spiro atoms. The molecule has 94 valence electrons. The van der Waals surface area contributed by atoms with E-state index < -0.39 is 0 Å². The first-order chi connectivity index (χ1) is 8.75. The van der Waals surface area contributed by atoms with Gasteiger partial charge in [-0.05, 0) is 25.0 Å². The third-order valence-corrected chi connectivity index (χ3v) is 3.22. The minimum Gasteiger partial charge on any atom is -0.370 e. The molecule has 1 amide bonds. The lowest BCUT2D eigenvalue weighted by atomic mass is 10.2. The van der Waals surface area contributed by atoms with Crippen LogP contribution in [-0.2, 0) is 16.1 Å². The fourth-order valence-electron chi connectivity index (χ4n) is 2.44. The number of amides is 1. The molecular formula is C13H15N3O2. The fourth-order valence-corrected chi connectivity index (χ4v) is 2.44. The van der Waals surface area contributed by atoms with E-state index in [1.165, 1.54) is 0 Å². The number of para-hydroxylation sites is 2. The standard InChI is InChI=1S/C13H15N3O2/c14-12(17)8-16-10-5-2-1-4-9(10)15-13(16)11-6-3-7-18-11/h1-2,4-5,11H,3,6-8H2,(H2,14,17)/t11-/m1/s1. The zero-order valence-electron chi connectivity index (χ0n) is 10.0. The number of fused-ring (bicyclic) bond motifs is 1. The Labute approximate surface area is 105 Å². The Bertz CT molecular complexity index is 585. The van der Waals surface area contributed by atoms with Gasteiger partial charge in [0, 0.05) is 6.61 Å². The second kappa shape index (κ2) is 4.42. The van der Waals surface area contributed by atoms with Gasteiger partial charge in [-0.25, -0.2) is 4.98 Å². The van der Waals surface area contributed by atoms with Crippen LogP contribution in [0.2, 0.25) is 0 Å². The number of nitrogens with two attached hydrogens (primary N) is 1. The van der Waals surface area contributed by atoms with Gasteiger partial charge in [0.2, 0.25) is 5.91 Å². The Kier molecular flexibility index (Phi) is 2.76. The van der Waals surface area contributed by atoms with Crippen molar-refractivity contribution in [3.63, 3.8) is 0 Å². The highest BCUT2D eigenvalue weighted by Gasteiger charge is 2.24. The van der Waals surface area contributed by atoms with Gasteiger partial charge >= 0.3 is 0 Å². The van der Waals surface area contributed by atoms with E-state index in [0.29, 0.717) is 0 Å². The van der Waals surface area contributed by atoms with Crippen molar-refractivity contribution in [2.75, 3.05) is 6.61 Å². The number of benzene rings is 1. The molecule has 1 atom stereocenters. The lowest BCUT2D eigenvalue weighted by Crippen LogP contribution is -2.21. The summed E-state index contributed by atoms with van der Waals surface area (Å²) in [6, 6.07) is 7.75. The number of rotatable bonds is 3. The topological polar surface area (TPSA) is 70.1 Å². The van der Waals surface area contributed by atoms with Gasteiger partial charge in [-0.2, -0.15) is 0 Å².